The highest BCUT2D eigenvalue weighted by Gasteiger charge is 2.30. The Balaban J connectivity index is 1.87. The van der Waals surface area contributed by atoms with E-state index in [-0.39, 0.29) is 23.3 Å². The SMILES string of the molecule is C=C(C)[C@@H]1CCC(C)=C[C@@H]1c1c(O)cc(CCc2ccccc2)cc1O. The minimum Gasteiger partial charge on any atom is -0.507 e. The maximum Gasteiger partial charge on any atom is 0.123 e. The van der Waals surface area contributed by atoms with Crippen LogP contribution in [0.15, 0.2) is 66.3 Å². The van der Waals surface area contributed by atoms with E-state index < -0.39 is 0 Å². The minimum absolute atomic E-state index is 0.00979. The molecule has 2 aromatic carbocycles. The molecule has 136 valence electrons. The van der Waals surface area contributed by atoms with Crippen molar-refractivity contribution in [3.8, 4) is 11.5 Å². The Kier molecular flexibility index (Phi) is 5.51. The molecule has 0 fully saturated rings. The number of aryl methyl sites for hydroxylation is 2. The van der Waals surface area contributed by atoms with Gasteiger partial charge in [-0.25, -0.2) is 0 Å². The fourth-order valence-electron chi connectivity index (χ4n) is 4.01. The van der Waals surface area contributed by atoms with Crippen molar-refractivity contribution >= 4 is 0 Å². The molecule has 2 atom stereocenters. The monoisotopic (exact) mass is 348 g/mol. The van der Waals surface area contributed by atoms with E-state index >= 15 is 0 Å². The standard InChI is InChI=1S/C24H28O2/c1-16(2)20-12-9-17(3)13-21(20)24-22(25)14-19(15-23(24)26)11-10-18-7-5-4-6-8-18/h4-8,13-15,20-21,25-26H,1,9-12H2,2-3H3/t20-,21-/m0/s1. The van der Waals surface area contributed by atoms with Crippen molar-refractivity contribution in [2.75, 3.05) is 0 Å². The molecule has 26 heavy (non-hydrogen) atoms. The van der Waals surface area contributed by atoms with Crippen molar-refractivity contribution in [1.29, 1.82) is 0 Å². The Morgan fingerprint density at radius 1 is 1.04 bits per heavy atom. The van der Waals surface area contributed by atoms with Crippen molar-refractivity contribution < 1.29 is 10.2 Å². The first-order valence-electron chi connectivity index (χ1n) is 9.37. The molecule has 0 heterocycles. The van der Waals surface area contributed by atoms with Gasteiger partial charge in [0.2, 0.25) is 0 Å². The Bertz CT molecular complexity index is 794. The number of phenols is 2. The molecule has 1 aliphatic carbocycles. The predicted octanol–water partition coefficient (Wildman–Crippen LogP) is 5.90. The summed E-state index contributed by atoms with van der Waals surface area (Å²) in [6, 6.07) is 13.9. The van der Waals surface area contributed by atoms with Crippen molar-refractivity contribution in [3.05, 3.63) is 83.0 Å². The van der Waals surface area contributed by atoms with Gasteiger partial charge in [0.25, 0.3) is 0 Å². The van der Waals surface area contributed by atoms with Crippen LogP contribution in [0.5, 0.6) is 11.5 Å². The lowest BCUT2D eigenvalue weighted by Gasteiger charge is -2.31. The highest BCUT2D eigenvalue weighted by atomic mass is 16.3. The van der Waals surface area contributed by atoms with Crippen molar-refractivity contribution in [3.63, 3.8) is 0 Å². The van der Waals surface area contributed by atoms with Crippen LogP contribution in [0.4, 0.5) is 0 Å². The van der Waals surface area contributed by atoms with E-state index in [9.17, 15) is 10.2 Å². The first-order valence-corrected chi connectivity index (χ1v) is 9.37. The van der Waals surface area contributed by atoms with Gasteiger partial charge in [-0.3, -0.25) is 0 Å². The normalized spacial score (nSPS) is 19.8. The van der Waals surface area contributed by atoms with Gasteiger partial charge in [-0.05, 0) is 68.7 Å². The number of rotatable bonds is 5. The predicted molar refractivity (Wildman–Crippen MR) is 108 cm³/mol. The number of benzene rings is 2. The quantitative estimate of drug-likeness (QED) is 0.661. The summed E-state index contributed by atoms with van der Waals surface area (Å²) in [5.74, 6) is 0.626. The van der Waals surface area contributed by atoms with Crippen LogP contribution in [0.2, 0.25) is 0 Å². The molecule has 0 unspecified atom stereocenters. The maximum absolute atomic E-state index is 10.7. The average molecular weight is 348 g/mol. The largest absolute Gasteiger partial charge is 0.507 e. The van der Waals surface area contributed by atoms with E-state index in [0.717, 1.165) is 36.8 Å². The molecule has 0 saturated heterocycles. The molecule has 2 N–H and O–H groups in total. The summed E-state index contributed by atoms with van der Waals surface area (Å²) < 4.78 is 0. The van der Waals surface area contributed by atoms with Crippen LogP contribution in [0.25, 0.3) is 0 Å². The summed E-state index contributed by atoms with van der Waals surface area (Å²) in [5.41, 5.74) is 5.25. The van der Waals surface area contributed by atoms with Crippen LogP contribution in [-0.2, 0) is 12.8 Å². The Hall–Kier alpha value is -2.48. The van der Waals surface area contributed by atoms with Crippen LogP contribution in [0.1, 0.15) is 49.3 Å². The second-order valence-electron chi connectivity index (χ2n) is 7.56. The molecule has 0 spiro atoms. The zero-order valence-corrected chi connectivity index (χ0v) is 15.7. The molecular weight excluding hydrogens is 320 g/mol. The Morgan fingerprint density at radius 2 is 1.65 bits per heavy atom. The van der Waals surface area contributed by atoms with Crippen LogP contribution in [0.3, 0.4) is 0 Å². The van der Waals surface area contributed by atoms with Crippen LogP contribution >= 0.6 is 0 Å². The van der Waals surface area contributed by atoms with Gasteiger partial charge in [0, 0.05) is 11.5 Å². The van der Waals surface area contributed by atoms with Crippen molar-refractivity contribution in [2.24, 2.45) is 5.92 Å². The number of hydrogen-bond acceptors (Lipinski definition) is 2. The third kappa shape index (κ3) is 4.01. The van der Waals surface area contributed by atoms with Gasteiger partial charge in [0.1, 0.15) is 11.5 Å². The van der Waals surface area contributed by atoms with Gasteiger partial charge in [0.15, 0.2) is 0 Å². The first kappa shape index (κ1) is 18.3. The minimum atomic E-state index is -0.00979. The second-order valence-corrected chi connectivity index (χ2v) is 7.56. The molecule has 0 aliphatic heterocycles. The summed E-state index contributed by atoms with van der Waals surface area (Å²) in [7, 11) is 0. The molecule has 0 amide bonds. The Morgan fingerprint density at radius 3 is 2.27 bits per heavy atom. The lowest BCUT2D eigenvalue weighted by molar-refractivity contribution is 0.406. The van der Waals surface area contributed by atoms with E-state index in [1.54, 1.807) is 0 Å². The van der Waals surface area contributed by atoms with E-state index in [2.05, 4.69) is 31.7 Å². The van der Waals surface area contributed by atoms with E-state index in [1.807, 2.05) is 37.3 Å². The van der Waals surface area contributed by atoms with Gasteiger partial charge < -0.3 is 10.2 Å². The molecule has 0 saturated carbocycles. The van der Waals surface area contributed by atoms with Crippen molar-refractivity contribution in [1.82, 2.24) is 0 Å². The molecule has 3 rings (SSSR count). The third-order valence-corrected chi connectivity index (χ3v) is 5.45. The molecule has 0 aromatic heterocycles. The summed E-state index contributed by atoms with van der Waals surface area (Å²) in [6.07, 6.45) is 5.91. The van der Waals surface area contributed by atoms with E-state index in [4.69, 9.17) is 0 Å². The topological polar surface area (TPSA) is 40.5 Å². The van der Waals surface area contributed by atoms with Gasteiger partial charge in [-0.15, -0.1) is 0 Å². The molecule has 0 bridgehead atoms. The fourth-order valence-corrected chi connectivity index (χ4v) is 4.01. The smallest absolute Gasteiger partial charge is 0.123 e. The molecule has 1 aliphatic rings. The lowest BCUT2D eigenvalue weighted by Crippen LogP contribution is -2.17. The van der Waals surface area contributed by atoms with Crippen LogP contribution in [0, 0.1) is 5.92 Å². The molecule has 2 nitrogen and oxygen atoms in total. The van der Waals surface area contributed by atoms with Crippen LogP contribution in [-0.4, -0.2) is 10.2 Å². The Labute approximate surface area is 156 Å². The summed E-state index contributed by atoms with van der Waals surface area (Å²) >= 11 is 0. The van der Waals surface area contributed by atoms with E-state index in [1.165, 1.54) is 11.1 Å². The zero-order valence-electron chi connectivity index (χ0n) is 15.7. The van der Waals surface area contributed by atoms with Gasteiger partial charge in [-0.1, -0.05) is 54.1 Å². The lowest BCUT2D eigenvalue weighted by atomic mass is 9.73. The first-order chi connectivity index (χ1) is 12.5. The summed E-state index contributed by atoms with van der Waals surface area (Å²) in [4.78, 5) is 0. The third-order valence-electron chi connectivity index (χ3n) is 5.45. The highest BCUT2D eigenvalue weighted by molar-refractivity contribution is 5.52. The average Bonchev–Trinajstić information content (AvgIpc) is 2.60. The number of hydrogen-bond donors (Lipinski definition) is 2. The molecular formula is C24H28O2. The zero-order chi connectivity index (χ0) is 18.7. The highest BCUT2D eigenvalue weighted by Crippen LogP contribution is 2.46. The van der Waals surface area contributed by atoms with Gasteiger partial charge >= 0.3 is 0 Å². The fraction of sp³-hybridized carbons (Fsp3) is 0.333. The van der Waals surface area contributed by atoms with E-state index in [0.29, 0.717) is 5.56 Å². The van der Waals surface area contributed by atoms with Crippen LogP contribution < -0.4 is 0 Å². The molecule has 2 heteroatoms. The number of phenolic OH excluding ortho intramolecular Hbond substituents is 2. The number of aromatic hydroxyl groups is 2. The second kappa shape index (κ2) is 7.82. The molecule has 0 radical (unpaired) electrons. The summed E-state index contributed by atoms with van der Waals surface area (Å²) in [5, 5.41) is 21.4. The van der Waals surface area contributed by atoms with Crippen molar-refractivity contribution in [2.45, 2.75) is 45.4 Å². The van der Waals surface area contributed by atoms with Gasteiger partial charge in [0.05, 0.1) is 0 Å². The number of allylic oxidation sites excluding steroid dienone is 3. The van der Waals surface area contributed by atoms with Gasteiger partial charge in [-0.2, -0.15) is 0 Å². The molecule has 2 aromatic rings. The summed E-state index contributed by atoms with van der Waals surface area (Å²) in [6.45, 7) is 8.28. The maximum atomic E-state index is 10.7.